The zero-order chi connectivity index (χ0) is 14.5. The van der Waals surface area contributed by atoms with Crippen LogP contribution in [0.4, 0.5) is 5.95 Å². The van der Waals surface area contributed by atoms with Crippen molar-refractivity contribution in [2.24, 2.45) is 7.05 Å². The van der Waals surface area contributed by atoms with E-state index in [9.17, 15) is 0 Å². The molecule has 2 aromatic heterocycles. The van der Waals surface area contributed by atoms with Crippen LogP contribution in [0.1, 0.15) is 18.2 Å². The van der Waals surface area contributed by atoms with Crippen LogP contribution in [0.15, 0.2) is 18.6 Å². The molecule has 6 heteroatoms. The maximum atomic E-state index is 5.14. The Bertz CT molecular complexity index is 546. The maximum Gasteiger partial charge on any atom is 0.203 e. The minimum absolute atomic E-state index is 0.235. The van der Waals surface area contributed by atoms with Crippen LogP contribution in [0.3, 0.4) is 0 Å². The van der Waals surface area contributed by atoms with Crippen molar-refractivity contribution in [3.63, 3.8) is 0 Å². The summed E-state index contributed by atoms with van der Waals surface area (Å²) in [6.45, 7) is 5.63. The van der Waals surface area contributed by atoms with Gasteiger partial charge in [0.15, 0.2) is 0 Å². The van der Waals surface area contributed by atoms with Crippen molar-refractivity contribution in [1.82, 2.24) is 19.3 Å². The number of imidazole rings is 1. The number of hydrogen-bond acceptors (Lipinski definition) is 4. The molecule has 0 saturated carbocycles. The molecule has 0 radical (unpaired) electrons. The number of anilines is 1. The van der Waals surface area contributed by atoms with Crippen LogP contribution in [-0.4, -0.2) is 39.1 Å². The van der Waals surface area contributed by atoms with Gasteiger partial charge in [0, 0.05) is 39.1 Å². The van der Waals surface area contributed by atoms with E-state index in [1.54, 1.807) is 7.11 Å². The minimum Gasteiger partial charge on any atom is -0.383 e. The van der Waals surface area contributed by atoms with Gasteiger partial charge >= 0.3 is 0 Å². The third-order valence-corrected chi connectivity index (χ3v) is 3.09. The molecule has 20 heavy (non-hydrogen) atoms. The quantitative estimate of drug-likeness (QED) is 0.835. The van der Waals surface area contributed by atoms with Crippen LogP contribution in [0.2, 0.25) is 0 Å². The molecule has 0 spiro atoms. The van der Waals surface area contributed by atoms with E-state index < -0.39 is 0 Å². The highest BCUT2D eigenvalue weighted by molar-refractivity contribution is 5.30. The van der Waals surface area contributed by atoms with Gasteiger partial charge in [-0.2, -0.15) is 5.10 Å². The van der Waals surface area contributed by atoms with Gasteiger partial charge in [-0.05, 0) is 25.8 Å². The number of nitrogens with one attached hydrogen (secondary N) is 1. The third-order valence-electron chi connectivity index (χ3n) is 3.09. The molecule has 2 heterocycles. The van der Waals surface area contributed by atoms with Gasteiger partial charge in [-0.1, -0.05) is 0 Å². The summed E-state index contributed by atoms with van der Waals surface area (Å²) in [4.78, 5) is 4.53. The summed E-state index contributed by atoms with van der Waals surface area (Å²) >= 11 is 0. The third kappa shape index (κ3) is 3.84. The van der Waals surface area contributed by atoms with E-state index in [0.717, 1.165) is 24.6 Å². The molecular weight excluding hydrogens is 254 g/mol. The Morgan fingerprint density at radius 2 is 2.20 bits per heavy atom. The number of nitrogens with zero attached hydrogens (tertiary/aromatic N) is 4. The first kappa shape index (κ1) is 14.6. The molecule has 6 nitrogen and oxygen atoms in total. The van der Waals surface area contributed by atoms with Crippen molar-refractivity contribution in [2.45, 2.75) is 32.9 Å². The topological polar surface area (TPSA) is 56.9 Å². The van der Waals surface area contributed by atoms with Crippen molar-refractivity contribution in [3.8, 4) is 0 Å². The van der Waals surface area contributed by atoms with Crippen molar-refractivity contribution in [2.75, 3.05) is 19.0 Å². The van der Waals surface area contributed by atoms with Crippen LogP contribution < -0.4 is 5.32 Å². The highest BCUT2D eigenvalue weighted by atomic mass is 16.5. The number of aryl methyl sites for hydroxylation is 4. The fraction of sp³-hybridized carbons (Fsp3) is 0.571. The van der Waals surface area contributed by atoms with Crippen LogP contribution >= 0.6 is 0 Å². The molecular formula is C14H23N5O. The standard InChI is InChI=1S/C14H23N5O/c1-11-8-19(6-5-13-7-15-18(3)9-13)14(16-11)17-12(2)10-20-4/h7-9,12H,5-6,10H2,1-4H3,(H,16,17). The highest BCUT2D eigenvalue weighted by Crippen LogP contribution is 2.11. The summed E-state index contributed by atoms with van der Waals surface area (Å²) in [6.07, 6.45) is 6.96. The molecule has 2 aromatic rings. The Morgan fingerprint density at radius 3 is 2.85 bits per heavy atom. The average molecular weight is 277 g/mol. The van der Waals surface area contributed by atoms with E-state index >= 15 is 0 Å². The molecule has 2 rings (SSSR count). The second kappa shape index (κ2) is 6.56. The zero-order valence-electron chi connectivity index (χ0n) is 12.6. The van der Waals surface area contributed by atoms with E-state index in [0.29, 0.717) is 6.61 Å². The van der Waals surface area contributed by atoms with Crippen LogP contribution in [0.5, 0.6) is 0 Å². The number of hydrogen-bond donors (Lipinski definition) is 1. The van der Waals surface area contributed by atoms with E-state index in [-0.39, 0.29) is 6.04 Å². The fourth-order valence-electron chi connectivity index (χ4n) is 2.20. The monoisotopic (exact) mass is 277 g/mol. The van der Waals surface area contributed by atoms with Crippen molar-refractivity contribution >= 4 is 5.95 Å². The van der Waals surface area contributed by atoms with E-state index in [1.165, 1.54) is 5.56 Å². The Kier molecular flexibility index (Phi) is 4.79. The van der Waals surface area contributed by atoms with E-state index in [4.69, 9.17) is 4.74 Å². The van der Waals surface area contributed by atoms with Gasteiger partial charge in [0.2, 0.25) is 5.95 Å². The second-order valence-corrected chi connectivity index (χ2v) is 5.17. The number of aromatic nitrogens is 4. The molecule has 0 aliphatic carbocycles. The lowest BCUT2D eigenvalue weighted by Crippen LogP contribution is -2.23. The number of rotatable bonds is 7. The highest BCUT2D eigenvalue weighted by Gasteiger charge is 2.09. The molecule has 0 amide bonds. The second-order valence-electron chi connectivity index (χ2n) is 5.17. The van der Waals surface area contributed by atoms with Gasteiger partial charge in [-0.15, -0.1) is 0 Å². The molecule has 1 N–H and O–H groups in total. The Balaban J connectivity index is 2.00. The van der Waals surface area contributed by atoms with Gasteiger partial charge < -0.3 is 14.6 Å². The molecule has 110 valence electrons. The predicted molar refractivity (Wildman–Crippen MR) is 78.8 cm³/mol. The smallest absolute Gasteiger partial charge is 0.203 e. The minimum atomic E-state index is 0.235. The first-order valence-corrected chi connectivity index (χ1v) is 6.85. The average Bonchev–Trinajstić information content (AvgIpc) is 2.93. The van der Waals surface area contributed by atoms with Crippen molar-refractivity contribution < 1.29 is 4.74 Å². The summed E-state index contributed by atoms with van der Waals surface area (Å²) < 4.78 is 9.12. The number of ether oxygens (including phenoxy) is 1. The molecule has 0 fully saturated rings. The molecule has 1 atom stereocenters. The van der Waals surface area contributed by atoms with Gasteiger partial charge in [-0.25, -0.2) is 4.98 Å². The largest absolute Gasteiger partial charge is 0.383 e. The lowest BCUT2D eigenvalue weighted by molar-refractivity contribution is 0.190. The lowest BCUT2D eigenvalue weighted by atomic mass is 10.2. The SMILES string of the molecule is COCC(C)Nc1nc(C)cn1CCc1cnn(C)c1. The summed E-state index contributed by atoms with van der Waals surface area (Å²) in [5.41, 5.74) is 2.25. The molecule has 0 aliphatic heterocycles. The van der Waals surface area contributed by atoms with Crippen LogP contribution in [0, 0.1) is 6.92 Å². The first-order valence-electron chi connectivity index (χ1n) is 6.85. The van der Waals surface area contributed by atoms with Crippen LogP contribution in [-0.2, 0) is 24.8 Å². The van der Waals surface area contributed by atoms with Gasteiger partial charge in [0.05, 0.1) is 18.5 Å². The normalized spacial score (nSPS) is 12.6. The molecule has 0 bridgehead atoms. The number of methoxy groups -OCH3 is 1. The van der Waals surface area contributed by atoms with Gasteiger partial charge in [0.25, 0.3) is 0 Å². The van der Waals surface area contributed by atoms with E-state index in [1.807, 2.05) is 31.0 Å². The van der Waals surface area contributed by atoms with Gasteiger partial charge in [-0.3, -0.25) is 4.68 Å². The maximum absolute atomic E-state index is 5.14. The summed E-state index contributed by atoms with van der Waals surface area (Å²) in [5, 5.41) is 7.57. The summed E-state index contributed by atoms with van der Waals surface area (Å²) in [5.74, 6) is 0.899. The van der Waals surface area contributed by atoms with Gasteiger partial charge in [0.1, 0.15) is 0 Å². The Labute approximate surface area is 119 Å². The molecule has 0 aliphatic rings. The lowest BCUT2D eigenvalue weighted by Gasteiger charge is -2.14. The molecule has 0 saturated heterocycles. The van der Waals surface area contributed by atoms with Crippen LogP contribution in [0.25, 0.3) is 0 Å². The summed E-state index contributed by atoms with van der Waals surface area (Å²) in [6, 6.07) is 0.235. The first-order chi connectivity index (χ1) is 9.58. The molecule has 0 aromatic carbocycles. The summed E-state index contributed by atoms with van der Waals surface area (Å²) in [7, 11) is 3.64. The fourth-order valence-corrected chi connectivity index (χ4v) is 2.20. The zero-order valence-corrected chi connectivity index (χ0v) is 12.6. The van der Waals surface area contributed by atoms with E-state index in [2.05, 4.69) is 33.1 Å². The van der Waals surface area contributed by atoms with Crippen molar-refractivity contribution in [3.05, 3.63) is 29.8 Å². The predicted octanol–water partition coefficient (Wildman–Crippen LogP) is 1.61. The Hall–Kier alpha value is -1.82. The Morgan fingerprint density at radius 1 is 1.40 bits per heavy atom. The van der Waals surface area contributed by atoms with Crippen molar-refractivity contribution in [1.29, 1.82) is 0 Å². The molecule has 1 unspecified atom stereocenters.